The maximum Gasteiger partial charge on any atom is 0.309 e. The van der Waals surface area contributed by atoms with Crippen LogP contribution in [0.3, 0.4) is 0 Å². The molecular formula is C13H16O4. The van der Waals surface area contributed by atoms with Gasteiger partial charge in [-0.1, -0.05) is 30.3 Å². The van der Waals surface area contributed by atoms with Crippen LogP contribution in [0.2, 0.25) is 0 Å². The summed E-state index contributed by atoms with van der Waals surface area (Å²) >= 11 is 0. The second kappa shape index (κ2) is 6.68. The lowest BCUT2D eigenvalue weighted by molar-refractivity contribution is -0.153. The van der Waals surface area contributed by atoms with Gasteiger partial charge in [-0.2, -0.15) is 0 Å². The zero-order chi connectivity index (χ0) is 12.7. The third-order valence-electron chi connectivity index (χ3n) is 2.06. The van der Waals surface area contributed by atoms with Crippen LogP contribution in [-0.2, 0) is 25.7 Å². The minimum Gasteiger partial charge on any atom is -0.462 e. The molecule has 0 fully saturated rings. The fourth-order valence-electron chi connectivity index (χ4n) is 1.36. The summed E-state index contributed by atoms with van der Waals surface area (Å²) in [5.74, 6) is -0.768. The molecule has 1 rings (SSSR count). The number of hydrogen-bond acceptors (Lipinski definition) is 4. The van der Waals surface area contributed by atoms with Gasteiger partial charge in [-0.25, -0.2) is 0 Å². The Kier molecular flexibility index (Phi) is 5.20. The minimum absolute atomic E-state index is 0.0758. The normalized spacial score (nSPS) is 11.6. The minimum atomic E-state index is -0.448. The molecule has 0 heterocycles. The fourth-order valence-corrected chi connectivity index (χ4v) is 1.36. The standard InChI is InChI=1S/C13H16O4/c1-10(17-11(2)14)8-13(15)16-9-12-6-4-3-5-7-12/h3-7,10H,8-9H2,1-2H3/t10-/m1/s1. The van der Waals surface area contributed by atoms with Gasteiger partial charge in [0, 0.05) is 6.92 Å². The molecule has 0 bridgehead atoms. The third-order valence-corrected chi connectivity index (χ3v) is 2.06. The lowest BCUT2D eigenvalue weighted by Crippen LogP contribution is -2.18. The predicted octanol–water partition coefficient (Wildman–Crippen LogP) is 2.07. The van der Waals surface area contributed by atoms with E-state index in [0.29, 0.717) is 0 Å². The van der Waals surface area contributed by atoms with E-state index in [9.17, 15) is 9.59 Å². The Labute approximate surface area is 101 Å². The van der Waals surface area contributed by atoms with Crippen molar-refractivity contribution in [2.75, 3.05) is 0 Å². The summed E-state index contributed by atoms with van der Waals surface area (Å²) in [5, 5.41) is 0. The van der Waals surface area contributed by atoms with Gasteiger partial charge in [0.1, 0.15) is 12.7 Å². The predicted molar refractivity (Wildman–Crippen MR) is 62.1 cm³/mol. The van der Waals surface area contributed by atoms with Crippen molar-refractivity contribution in [1.82, 2.24) is 0 Å². The van der Waals surface area contributed by atoms with Crippen molar-refractivity contribution in [3.05, 3.63) is 35.9 Å². The van der Waals surface area contributed by atoms with Gasteiger partial charge in [0.2, 0.25) is 0 Å². The molecule has 4 nitrogen and oxygen atoms in total. The van der Waals surface area contributed by atoms with Crippen LogP contribution in [0.1, 0.15) is 25.8 Å². The van der Waals surface area contributed by atoms with E-state index in [1.165, 1.54) is 6.92 Å². The van der Waals surface area contributed by atoms with Gasteiger partial charge in [0.25, 0.3) is 0 Å². The summed E-state index contributed by atoms with van der Waals surface area (Å²) in [6.45, 7) is 3.21. The highest BCUT2D eigenvalue weighted by Gasteiger charge is 2.12. The first kappa shape index (κ1) is 13.2. The highest BCUT2D eigenvalue weighted by atomic mass is 16.6. The van der Waals surface area contributed by atoms with E-state index >= 15 is 0 Å². The Bertz CT molecular complexity index is 372. The second-order valence-corrected chi connectivity index (χ2v) is 3.77. The molecule has 0 unspecified atom stereocenters. The van der Waals surface area contributed by atoms with Crippen LogP contribution < -0.4 is 0 Å². The van der Waals surface area contributed by atoms with Gasteiger partial charge in [-0.3, -0.25) is 9.59 Å². The van der Waals surface area contributed by atoms with E-state index < -0.39 is 12.1 Å². The molecule has 4 heteroatoms. The number of benzene rings is 1. The topological polar surface area (TPSA) is 52.6 Å². The summed E-state index contributed by atoms with van der Waals surface area (Å²) < 4.78 is 9.88. The Morgan fingerprint density at radius 1 is 1.24 bits per heavy atom. The number of carbonyl (C=O) groups excluding carboxylic acids is 2. The number of esters is 2. The van der Waals surface area contributed by atoms with Gasteiger partial charge < -0.3 is 9.47 Å². The van der Waals surface area contributed by atoms with Crippen molar-refractivity contribution < 1.29 is 19.1 Å². The molecule has 1 aromatic rings. The van der Waals surface area contributed by atoms with E-state index in [0.717, 1.165) is 5.56 Å². The smallest absolute Gasteiger partial charge is 0.309 e. The molecule has 0 radical (unpaired) electrons. The van der Waals surface area contributed by atoms with Gasteiger partial charge in [-0.05, 0) is 12.5 Å². The number of ether oxygens (including phenoxy) is 2. The summed E-state index contributed by atoms with van der Waals surface area (Å²) in [5.41, 5.74) is 0.931. The maximum absolute atomic E-state index is 11.4. The Morgan fingerprint density at radius 3 is 2.47 bits per heavy atom. The molecule has 0 saturated carbocycles. The van der Waals surface area contributed by atoms with Crippen LogP contribution in [-0.4, -0.2) is 18.0 Å². The Balaban J connectivity index is 2.28. The van der Waals surface area contributed by atoms with Crippen LogP contribution in [0.15, 0.2) is 30.3 Å². The number of rotatable bonds is 5. The van der Waals surface area contributed by atoms with Crippen molar-refractivity contribution in [2.24, 2.45) is 0 Å². The van der Waals surface area contributed by atoms with Crippen molar-refractivity contribution in [1.29, 1.82) is 0 Å². The highest BCUT2D eigenvalue weighted by Crippen LogP contribution is 2.04. The maximum atomic E-state index is 11.4. The van der Waals surface area contributed by atoms with Crippen molar-refractivity contribution in [2.45, 2.75) is 33.0 Å². The molecule has 0 aliphatic carbocycles. The average molecular weight is 236 g/mol. The molecule has 17 heavy (non-hydrogen) atoms. The van der Waals surface area contributed by atoms with Gasteiger partial charge in [0.15, 0.2) is 0 Å². The first-order valence-corrected chi connectivity index (χ1v) is 5.44. The van der Waals surface area contributed by atoms with E-state index in [2.05, 4.69) is 0 Å². The van der Waals surface area contributed by atoms with E-state index in [1.807, 2.05) is 30.3 Å². The first-order chi connectivity index (χ1) is 8.08. The van der Waals surface area contributed by atoms with Crippen LogP contribution >= 0.6 is 0 Å². The molecule has 1 atom stereocenters. The molecule has 0 N–H and O–H groups in total. The largest absolute Gasteiger partial charge is 0.462 e. The molecule has 0 spiro atoms. The molecule has 0 amide bonds. The first-order valence-electron chi connectivity index (χ1n) is 5.44. The Hall–Kier alpha value is -1.84. The summed E-state index contributed by atoms with van der Waals surface area (Å²) in [7, 11) is 0. The summed E-state index contributed by atoms with van der Waals surface area (Å²) in [4.78, 5) is 22.0. The van der Waals surface area contributed by atoms with Crippen LogP contribution in [0.4, 0.5) is 0 Å². The number of hydrogen-bond donors (Lipinski definition) is 0. The lowest BCUT2D eigenvalue weighted by atomic mass is 10.2. The Morgan fingerprint density at radius 2 is 1.88 bits per heavy atom. The average Bonchev–Trinajstić information content (AvgIpc) is 2.26. The second-order valence-electron chi connectivity index (χ2n) is 3.77. The zero-order valence-electron chi connectivity index (χ0n) is 10.0. The van der Waals surface area contributed by atoms with E-state index in [1.54, 1.807) is 6.92 Å². The highest BCUT2D eigenvalue weighted by molar-refractivity contribution is 5.71. The fraction of sp³-hybridized carbons (Fsp3) is 0.385. The van der Waals surface area contributed by atoms with E-state index in [-0.39, 0.29) is 19.0 Å². The van der Waals surface area contributed by atoms with Crippen LogP contribution in [0.25, 0.3) is 0 Å². The van der Waals surface area contributed by atoms with Gasteiger partial charge >= 0.3 is 11.9 Å². The molecule has 1 aromatic carbocycles. The lowest BCUT2D eigenvalue weighted by Gasteiger charge is -2.11. The third kappa shape index (κ3) is 5.70. The van der Waals surface area contributed by atoms with Crippen molar-refractivity contribution in [3.63, 3.8) is 0 Å². The monoisotopic (exact) mass is 236 g/mol. The molecule has 0 aliphatic heterocycles. The van der Waals surface area contributed by atoms with Gasteiger partial charge in [0.05, 0.1) is 6.42 Å². The van der Waals surface area contributed by atoms with Crippen LogP contribution in [0, 0.1) is 0 Å². The molecule has 0 aromatic heterocycles. The molecule has 0 aliphatic rings. The summed E-state index contributed by atoms with van der Waals surface area (Å²) in [6.07, 6.45) is -0.373. The van der Waals surface area contributed by atoms with Crippen LogP contribution in [0.5, 0.6) is 0 Å². The summed E-state index contributed by atoms with van der Waals surface area (Å²) in [6, 6.07) is 9.41. The number of carbonyl (C=O) groups is 2. The molecule has 0 saturated heterocycles. The van der Waals surface area contributed by atoms with Crippen molar-refractivity contribution >= 4 is 11.9 Å². The molecule has 92 valence electrons. The quantitative estimate of drug-likeness (QED) is 0.734. The SMILES string of the molecule is CC(=O)O[C@H](C)CC(=O)OCc1ccccc1. The van der Waals surface area contributed by atoms with E-state index in [4.69, 9.17) is 9.47 Å². The van der Waals surface area contributed by atoms with Crippen molar-refractivity contribution in [3.8, 4) is 0 Å². The van der Waals surface area contributed by atoms with Gasteiger partial charge in [-0.15, -0.1) is 0 Å². The molecular weight excluding hydrogens is 220 g/mol. The zero-order valence-corrected chi connectivity index (χ0v) is 10.0.